The van der Waals surface area contributed by atoms with Gasteiger partial charge in [0.05, 0.1) is 12.2 Å². The number of hydrogen-bond acceptors (Lipinski definition) is 6. The summed E-state index contributed by atoms with van der Waals surface area (Å²) in [5, 5.41) is 3.08. The molecular weight excluding hydrogens is 414 g/mol. The second kappa shape index (κ2) is 8.11. The Balaban J connectivity index is 1.64. The first-order chi connectivity index (χ1) is 14.3. The molecule has 4 heterocycles. The summed E-state index contributed by atoms with van der Waals surface area (Å²) in [7, 11) is 0. The predicted molar refractivity (Wildman–Crippen MR) is 109 cm³/mol. The zero-order valence-electron chi connectivity index (χ0n) is 16.2. The Morgan fingerprint density at radius 3 is 2.73 bits per heavy atom. The number of pyridine rings is 1. The fourth-order valence-corrected chi connectivity index (χ4v) is 4.70. The lowest BCUT2D eigenvalue weighted by Crippen LogP contribution is -2.18. The maximum Gasteiger partial charge on any atom is 0.291 e. The summed E-state index contributed by atoms with van der Waals surface area (Å²) >= 11 is 0.870. The topological polar surface area (TPSA) is 101 Å². The minimum atomic E-state index is -2.75. The van der Waals surface area contributed by atoms with Crippen molar-refractivity contribution < 1.29 is 22.8 Å². The number of furan rings is 1. The van der Waals surface area contributed by atoms with Crippen LogP contribution in [0.5, 0.6) is 0 Å². The van der Waals surface area contributed by atoms with Gasteiger partial charge in [0.2, 0.25) is 0 Å². The number of anilines is 1. The van der Waals surface area contributed by atoms with Crippen LogP contribution in [0.25, 0.3) is 10.2 Å². The Morgan fingerprint density at radius 1 is 1.33 bits per heavy atom. The number of amides is 2. The Kier molecular flexibility index (Phi) is 5.52. The summed E-state index contributed by atoms with van der Waals surface area (Å²) in [4.78, 5) is 31.1. The molecule has 4 rings (SSSR count). The van der Waals surface area contributed by atoms with Gasteiger partial charge in [-0.05, 0) is 56.6 Å². The number of aromatic nitrogens is 1. The highest BCUT2D eigenvalue weighted by Gasteiger charge is 2.24. The van der Waals surface area contributed by atoms with Crippen LogP contribution in [0, 0.1) is 6.92 Å². The summed E-state index contributed by atoms with van der Waals surface area (Å²) in [5.41, 5.74) is 5.68. The van der Waals surface area contributed by atoms with Crippen molar-refractivity contribution >= 4 is 39.1 Å². The zero-order chi connectivity index (χ0) is 21.4. The number of nitrogens with two attached hydrogens (primary N) is 1. The van der Waals surface area contributed by atoms with Crippen molar-refractivity contribution in [2.24, 2.45) is 5.73 Å². The number of fused-ring (bicyclic) bond motifs is 1. The summed E-state index contributed by atoms with van der Waals surface area (Å²) in [6.07, 6.45) is -0.450. The predicted octanol–water partition coefficient (Wildman–Crippen LogP) is 4.08. The van der Waals surface area contributed by atoms with Gasteiger partial charge >= 0.3 is 0 Å². The van der Waals surface area contributed by atoms with Gasteiger partial charge in [0.25, 0.3) is 18.2 Å². The average molecular weight is 434 g/mol. The van der Waals surface area contributed by atoms with Crippen molar-refractivity contribution in [2.45, 2.75) is 32.7 Å². The molecule has 158 valence electrons. The van der Waals surface area contributed by atoms with E-state index in [-0.39, 0.29) is 21.2 Å². The quantitative estimate of drug-likeness (QED) is 0.609. The fourth-order valence-electron chi connectivity index (χ4n) is 3.63. The smallest absolute Gasteiger partial charge is 0.291 e. The van der Waals surface area contributed by atoms with Crippen LogP contribution < -0.4 is 11.1 Å². The molecule has 1 aliphatic rings. The minimum absolute atomic E-state index is 0.0456. The van der Waals surface area contributed by atoms with Crippen LogP contribution >= 0.6 is 11.3 Å². The number of carbonyl (C=O) groups excluding carboxylic acids is 2. The Hall–Kier alpha value is -2.85. The molecule has 0 spiro atoms. The van der Waals surface area contributed by atoms with Crippen molar-refractivity contribution in [1.29, 1.82) is 0 Å². The summed E-state index contributed by atoms with van der Waals surface area (Å²) in [5.74, 6) is -0.566. The van der Waals surface area contributed by atoms with Crippen molar-refractivity contribution in [3.8, 4) is 0 Å². The number of carbonyl (C=O) groups is 2. The number of nitrogens with zero attached hydrogens (tertiary/aromatic N) is 2. The summed E-state index contributed by atoms with van der Waals surface area (Å²) in [6.45, 7) is 4.24. The van der Waals surface area contributed by atoms with Gasteiger partial charge < -0.3 is 15.5 Å². The number of alkyl halides is 2. The monoisotopic (exact) mass is 434 g/mol. The van der Waals surface area contributed by atoms with Crippen molar-refractivity contribution in [3.63, 3.8) is 0 Å². The number of likely N-dealkylation sites (tertiary alicyclic amines) is 1. The fraction of sp³-hybridized carbons (Fsp3) is 0.350. The van der Waals surface area contributed by atoms with E-state index in [0.29, 0.717) is 23.3 Å². The molecule has 1 aliphatic heterocycles. The van der Waals surface area contributed by atoms with Crippen LogP contribution in [-0.2, 0) is 6.54 Å². The van der Waals surface area contributed by atoms with E-state index in [4.69, 9.17) is 10.2 Å². The number of rotatable bonds is 6. The Bertz CT molecular complexity index is 1120. The highest BCUT2D eigenvalue weighted by molar-refractivity contribution is 7.21. The minimum Gasteiger partial charge on any atom is -0.455 e. The molecule has 10 heteroatoms. The third-order valence-electron chi connectivity index (χ3n) is 5.03. The number of halogens is 2. The van der Waals surface area contributed by atoms with E-state index in [9.17, 15) is 18.4 Å². The maximum absolute atomic E-state index is 13.1. The van der Waals surface area contributed by atoms with Crippen molar-refractivity contribution in [2.75, 3.05) is 18.4 Å². The van der Waals surface area contributed by atoms with Crippen molar-refractivity contribution in [3.05, 3.63) is 45.9 Å². The van der Waals surface area contributed by atoms with Crippen LogP contribution in [0.1, 0.15) is 56.5 Å². The zero-order valence-corrected chi connectivity index (χ0v) is 17.0. The molecule has 3 N–H and O–H groups in total. The maximum atomic E-state index is 13.1. The van der Waals surface area contributed by atoms with Crippen LogP contribution in [0.4, 0.5) is 14.5 Å². The lowest BCUT2D eigenvalue weighted by Gasteiger charge is -2.11. The van der Waals surface area contributed by atoms with Gasteiger partial charge in [0.15, 0.2) is 5.76 Å². The molecule has 7 nitrogen and oxygen atoms in total. The van der Waals surface area contributed by atoms with E-state index in [1.165, 1.54) is 6.07 Å². The lowest BCUT2D eigenvalue weighted by atomic mass is 10.1. The van der Waals surface area contributed by atoms with E-state index < -0.39 is 23.9 Å². The Labute approximate surface area is 174 Å². The standard InChI is InChI=1S/C20H20F2N4O3S/c1-10-8-12(17(21)22)24-20-14(10)15(16(30-20)18(23)27)25-19(28)13-5-4-11(29-13)9-26-6-2-3-7-26/h4-5,8,17H,2-3,6-7,9H2,1H3,(H2,23,27)(H,25,28). The van der Waals surface area contributed by atoms with E-state index in [2.05, 4.69) is 15.2 Å². The number of hydrogen-bond donors (Lipinski definition) is 2. The molecule has 3 aromatic rings. The van der Waals surface area contributed by atoms with E-state index in [1.807, 2.05) is 0 Å². The van der Waals surface area contributed by atoms with Crippen LogP contribution in [0.2, 0.25) is 0 Å². The average Bonchev–Trinajstić information content (AvgIpc) is 3.42. The number of nitrogens with one attached hydrogen (secondary N) is 1. The van der Waals surface area contributed by atoms with Crippen LogP contribution in [0.3, 0.4) is 0 Å². The van der Waals surface area contributed by atoms with Gasteiger partial charge in [0, 0.05) is 5.39 Å². The first-order valence-electron chi connectivity index (χ1n) is 9.48. The van der Waals surface area contributed by atoms with E-state index in [1.54, 1.807) is 19.1 Å². The van der Waals surface area contributed by atoms with Crippen LogP contribution in [0.15, 0.2) is 22.6 Å². The normalized spacial score (nSPS) is 14.7. The molecule has 0 saturated carbocycles. The molecule has 0 unspecified atom stereocenters. The molecule has 30 heavy (non-hydrogen) atoms. The third-order valence-corrected chi connectivity index (χ3v) is 6.13. The summed E-state index contributed by atoms with van der Waals surface area (Å²) in [6, 6.07) is 4.55. The van der Waals surface area contributed by atoms with E-state index in [0.717, 1.165) is 37.3 Å². The molecular formula is C20H20F2N4O3S. The highest BCUT2D eigenvalue weighted by atomic mass is 32.1. The largest absolute Gasteiger partial charge is 0.455 e. The summed E-state index contributed by atoms with van der Waals surface area (Å²) < 4.78 is 31.8. The molecule has 1 fully saturated rings. The van der Waals surface area contributed by atoms with Gasteiger partial charge in [-0.1, -0.05) is 0 Å². The molecule has 0 aliphatic carbocycles. The van der Waals surface area contributed by atoms with Crippen LogP contribution in [-0.4, -0.2) is 34.8 Å². The van der Waals surface area contributed by atoms with Crippen molar-refractivity contribution in [1.82, 2.24) is 9.88 Å². The van der Waals surface area contributed by atoms with E-state index >= 15 is 0 Å². The molecule has 2 amide bonds. The molecule has 0 bridgehead atoms. The van der Waals surface area contributed by atoms with Gasteiger partial charge in [-0.25, -0.2) is 13.8 Å². The van der Waals surface area contributed by atoms with Gasteiger partial charge in [0.1, 0.15) is 21.2 Å². The van der Waals surface area contributed by atoms with Gasteiger partial charge in [-0.15, -0.1) is 11.3 Å². The lowest BCUT2D eigenvalue weighted by molar-refractivity contribution is 0.0993. The first-order valence-corrected chi connectivity index (χ1v) is 10.3. The second-order valence-electron chi connectivity index (χ2n) is 7.22. The third kappa shape index (κ3) is 3.92. The molecule has 3 aromatic heterocycles. The Morgan fingerprint density at radius 2 is 2.07 bits per heavy atom. The first kappa shape index (κ1) is 20.4. The highest BCUT2D eigenvalue weighted by Crippen LogP contribution is 2.38. The van der Waals surface area contributed by atoms with Gasteiger partial charge in [-0.2, -0.15) is 0 Å². The number of primary amides is 1. The number of aryl methyl sites for hydroxylation is 1. The number of thiophene rings is 1. The molecule has 0 aromatic carbocycles. The molecule has 0 radical (unpaired) electrons. The SMILES string of the molecule is Cc1cc(C(F)F)nc2sc(C(N)=O)c(NC(=O)c3ccc(CN4CCCC4)o3)c12. The molecule has 1 saturated heterocycles. The second-order valence-corrected chi connectivity index (χ2v) is 8.22. The van der Waals surface area contributed by atoms with Gasteiger partial charge in [-0.3, -0.25) is 14.5 Å². The molecule has 0 atom stereocenters.